The fourth-order valence-electron chi connectivity index (χ4n) is 2.54. The van der Waals surface area contributed by atoms with Crippen LogP contribution < -0.4 is 0 Å². The maximum Gasteiger partial charge on any atom is 0.150 e. The Balaban J connectivity index is 2.42. The third-order valence-corrected chi connectivity index (χ3v) is 3.62. The molecule has 3 rings (SSSR count). The lowest BCUT2D eigenvalue weighted by atomic mass is 10.2. The summed E-state index contributed by atoms with van der Waals surface area (Å²) in [5, 5.41) is 0. The van der Waals surface area contributed by atoms with Crippen molar-refractivity contribution in [2.24, 2.45) is 0 Å². The average molecular weight is 307 g/mol. The van der Waals surface area contributed by atoms with Crippen LogP contribution in [0.4, 0.5) is 8.78 Å². The average Bonchev–Trinajstić information content (AvgIpc) is 2.79. The zero-order chi connectivity index (χ0) is 15.0. The van der Waals surface area contributed by atoms with E-state index in [0.717, 1.165) is 5.56 Å². The predicted molar refractivity (Wildman–Crippen MR) is 80.1 cm³/mol. The summed E-state index contributed by atoms with van der Waals surface area (Å²) in [4.78, 5) is 4.47. The van der Waals surface area contributed by atoms with Gasteiger partial charge in [0.25, 0.3) is 0 Å². The molecule has 2 nitrogen and oxygen atoms in total. The van der Waals surface area contributed by atoms with Gasteiger partial charge in [0.2, 0.25) is 0 Å². The Kier molecular flexibility index (Phi) is 3.64. The second-order valence-electron chi connectivity index (χ2n) is 4.82. The predicted octanol–water partition coefficient (Wildman–Crippen LogP) is 4.39. The molecule has 1 heterocycles. The van der Waals surface area contributed by atoms with Gasteiger partial charge in [0.05, 0.1) is 11.0 Å². The van der Waals surface area contributed by atoms with Crippen LogP contribution in [0.3, 0.4) is 0 Å². The summed E-state index contributed by atoms with van der Waals surface area (Å²) in [6.07, 6.45) is 0.434. The number of aryl methyl sites for hydroxylation is 2. The third kappa shape index (κ3) is 2.29. The Hall–Kier alpha value is -1.94. The van der Waals surface area contributed by atoms with Gasteiger partial charge in [-0.3, -0.25) is 4.57 Å². The molecule has 0 radical (unpaired) electrons. The van der Waals surface area contributed by atoms with Gasteiger partial charge in [-0.1, -0.05) is 18.2 Å². The molecule has 0 spiro atoms. The van der Waals surface area contributed by atoms with Gasteiger partial charge in [0, 0.05) is 12.3 Å². The Bertz CT molecular complexity index is 791. The van der Waals surface area contributed by atoms with Crippen molar-refractivity contribution in [1.82, 2.24) is 9.55 Å². The highest BCUT2D eigenvalue weighted by atomic mass is 35.5. The lowest BCUT2D eigenvalue weighted by molar-refractivity contribution is 0.568. The highest BCUT2D eigenvalue weighted by Crippen LogP contribution is 2.28. The second kappa shape index (κ2) is 5.45. The molecule has 0 aliphatic carbocycles. The number of hydrogen-bond acceptors (Lipinski definition) is 1. The number of fused-ring (bicyclic) bond motifs is 1. The van der Waals surface area contributed by atoms with Crippen LogP contribution in [0.1, 0.15) is 11.4 Å². The van der Waals surface area contributed by atoms with E-state index in [1.807, 2.05) is 25.1 Å². The molecule has 3 aromatic rings. The summed E-state index contributed by atoms with van der Waals surface area (Å²) in [5.74, 6) is -0.349. The molecule has 1 aromatic heterocycles. The molecule has 21 heavy (non-hydrogen) atoms. The van der Waals surface area contributed by atoms with Crippen molar-refractivity contribution in [1.29, 1.82) is 0 Å². The van der Waals surface area contributed by atoms with Crippen molar-refractivity contribution in [3.8, 4) is 5.69 Å². The monoisotopic (exact) mass is 306 g/mol. The van der Waals surface area contributed by atoms with Crippen LogP contribution in [0.5, 0.6) is 0 Å². The largest absolute Gasteiger partial charge is 0.290 e. The van der Waals surface area contributed by atoms with E-state index in [0.29, 0.717) is 29.2 Å². The standard InChI is InChI=1S/C16H13ClF2N2/c1-10-4-2-7-13-15(10)21(14(20-13)8-9-17)16-11(18)5-3-6-12(16)19/h2-7H,8-9H2,1H3. The number of hydrogen-bond donors (Lipinski definition) is 0. The Morgan fingerprint density at radius 2 is 1.76 bits per heavy atom. The van der Waals surface area contributed by atoms with Gasteiger partial charge < -0.3 is 0 Å². The summed E-state index contributed by atoms with van der Waals surface area (Å²) < 4.78 is 29.9. The molecule has 0 unspecified atom stereocenters. The first-order valence-electron chi connectivity index (χ1n) is 6.60. The zero-order valence-corrected chi connectivity index (χ0v) is 12.2. The molecule has 0 bridgehead atoms. The Morgan fingerprint density at radius 3 is 2.43 bits per heavy atom. The molecule has 0 fully saturated rings. The van der Waals surface area contributed by atoms with E-state index in [1.54, 1.807) is 0 Å². The summed E-state index contributed by atoms with van der Waals surface area (Å²) in [5.41, 5.74) is 2.22. The van der Waals surface area contributed by atoms with Gasteiger partial charge in [0.1, 0.15) is 23.1 Å². The van der Waals surface area contributed by atoms with E-state index in [4.69, 9.17) is 11.6 Å². The van der Waals surface area contributed by atoms with Crippen LogP contribution >= 0.6 is 11.6 Å². The minimum atomic E-state index is -0.617. The quantitative estimate of drug-likeness (QED) is 0.656. The van der Waals surface area contributed by atoms with Gasteiger partial charge in [-0.15, -0.1) is 11.6 Å². The van der Waals surface area contributed by atoms with Crippen LogP contribution in [0.2, 0.25) is 0 Å². The van der Waals surface area contributed by atoms with Crippen molar-refractivity contribution in [3.63, 3.8) is 0 Å². The summed E-state index contributed by atoms with van der Waals surface area (Å²) in [6, 6.07) is 9.43. The number of nitrogens with zero attached hydrogens (tertiary/aromatic N) is 2. The molecule has 108 valence electrons. The Labute approximate surface area is 126 Å². The minimum absolute atomic E-state index is 0.102. The number of benzene rings is 2. The van der Waals surface area contributed by atoms with E-state index < -0.39 is 11.6 Å². The van der Waals surface area contributed by atoms with Crippen LogP contribution in [0.25, 0.3) is 16.7 Å². The van der Waals surface area contributed by atoms with E-state index in [1.165, 1.54) is 22.8 Å². The number of aromatic nitrogens is 2. The smallest absolute Gasteiger partial charge is 0.150 e. The van der Waals surface area contributed by atoms with Gasteiger partial charge in [-0.05, 0) is 30.7 Å². The summed E-state index contributed by atoms with van der Waals surface area (Å²) in [7, 11) is 0. The zero-order valence-electron chi connectivity index (χ0n) is 11.4. The molecule has 0 atom stereocenters. The maximum absolute atomic E-state index is 14.2. The molecular formula is C16H13ClF2N2. The van der Waals surface area contributed by atoms with Crippen LogP contribution in [0.15, 0.2) is 36.4 Å². The molecule has 0 N–H and O–H groups in total. The molecule has 5 heteroatoms. The number of para-hydroxylation sites is 2. The van der Waals surface area contributed by atoms with E-state index in [9.17, 15) is 8.78 Å². The third-order valence-electron chi connectivity index (χ3n) is 3.43. The van der Waals surface area contributed by atoms with Crippen LogP contribution in [-0.2, 0) is 6.42 Å². The van der Waals surface area contributed by atoms with E-state index in [-0.39, 0.29) is 5.69 Å². The van der Waals surface area contributed by atoms with Gasteiger partial charge in [-0.2, -0.15) is 0 Å². The highest BCUT2D eigenvalue weighted by molar-refractivity contribution is 6.17. The van der Waals surface area contributed by atoms with Crippen LogP contribution in [-0.4, -0.2) is 15.4 Å². The summed E-state index contributed by atoms with van der Waals surface area (Å²) in [6.45, 7) is 1.89. The second-order valence-corrected chi connectivity index (χ2v) is 5.19. The van der Waals surface area contributed by atoms with E-state index in [2.05, 4.69) is 4.98 Å². The number of imidazole rings is 1. The first kappa shape index (κ1) is 14.0. The Morgan fingerprint density at radius 1 is 1.10 bits per heavy atom. The molecule has 0 amide bonds. The van der Waals surface area contributed by atoms with Crippen LogP contribution in [0, 0.1) is 18.6 Å². The fraction of sp³-hybridized carbons (Fsp3) is 0.188. The topological polar surface area (TPSA) is 17.8 Å². The van der Waals surface area contributed by atoms with Crippen molar-refractivity contribution < 1.29 is 8.78 Å². The number of alkyl halides is 1. The van der Waals surface area contributed by atoms with Crippen molar-refractivity contribution in [2.75, 3.05) is 5.88 Å². The van der Waals surface area contributed by atoms with Gasteiger partial charge in [0.15, 0.2) is 0 Å². The number of rotatable bonds is 3. The number of halogens is 3. The molecule has 0 saturated carbocycles. The van der Waals surface area contributed by atoms with Crippen molar-refractivity contribution in [2.45, 2.75) is 13.3 Å². The van der Waals surface area contributed by atoms with Crippen molar-refractivity contribution in [3.05, 3.63) is 59.4 Å². The first-order chi connectivity index (χ1) is 10.1. The van der Waals surface area contributed by atoms with Gasteiger partial charge >= 0.3 is 0 Å². The van der Waals surface area contributed by atoms with Gasteiger partial charge in [-0.25, -0.2) is 13.8 Å². The SMILES string of the molecule is Cc1cccc2nc(CCCl)n(-c3c(F)cccc3F)c12. The fourth-order valence-corrected chi connectivity index (χ4v) is 2.71. The first-order valence-corrected chi connectivity index (χ1v) is 7.14. The highest BCUT2D eigenvalue weighted by Gasteiger charge is 2.19. The molecular weight excluding hydrogens is 294 g/mol. The molecule has 0 saturated heterocycles. The molecule has 2 aromatic carbocycles. The summed E-state index contributed by atoms with van der Waals surface area (Å²) >= 11 is 5.80. The van der Waals surface area contributed by atoms with E-state index >= 15 is 0 Å². The maximum atomic E-state index is 14.2. The molecule has 0 aliphatic heterocycles. The minimum Gasteiger partial charge on any atom is -0.290 e. The van der Waals surface area contributed by atoms with Crippen molar-refractivity contribution >= 4 is 22.6 Å². The normalized spacial score (nSPS) is 11.2. The molecule has 0 aliphatic rings. The lowest BCUT2D eigenvalue weighted by Gasteiger charge is -2.12. The lowest BCUT2D eigenvalue weighted by Crippen LogP contribution is -2.07.